The fourth-order valence-electron chi connectivity index (χ4n) is 4.48. The Labute approximate surface area is 131 Å². The van der Waals surface area contributed by atoms with Crippen molar-refractivity contribution in [2.45, 2.75) is 37.3 Å². The predicted octanol–water partition coefficient (Wildman–Crippen LogP) is 1.40. The molecule has 1 heterocycles. The zero-order chi connectivity index (χ0) is 15.2. The van der Waals surface area contributed by atoms with Crippen LogP contribution in [0.1, 0.15) is 31.2 Å². The number of fused-ring (bicyclic) bond motifs is 1. The minimum absolute atomic E-state index is 0.0339. The Balaban J connectivity index is 1.58. The predicted molar refractivity (Wildman–Crippen MR) is 84.1 cm³/mol. The first kappa shape index (κ1) is 14.2. The Bertz CT molecular complexity index is 545. The molecule has 1 amide bonds. The first-order valence-electron chi connectivity index (χ1n) is 8.51. The molecule has 2 unspecified atom stereocenters. The van der Waals surface area contributed by atoms with Crippen LogP contribution < -0.4 is 10.6 Å². The maximum absolute atomic E-state index is 13.0. The molecule has 4 heteroatoms. The highest BCUT2D eigenvalue weighted by Crippen LogP contribution is 2.44. The van der Waals surface area contributed by atoms with Crippen LogP contribution in [-0.2, 0) is 10.4 Å². The third kappa shape index (κ3) is 2.17. The lowest BCUT2D eigenvalue weighted by Crippen LogP contribution is -2.50. The second-order valence-corrected chi connectivity index (χ2v) is 7.10. The largest absolute Gasteiger partial charge is 0.375 e. The zero-order valence-electron chi connectivity index (χ0n) is 12.8. The molecule has 22 heavy (non-hydrogen) atoms. The number of rotatable bonds is 4. The molecular formula is C18H24N2O2. The smallest absolute Gasteiger partial charge is 0.257 e. The van der Waals surface area contributed by atoms with Gasteiger partial charge in [0, 0.05) is 25.0 Å². The van der Waals surface area contributed by atoms with Crippen molar-refractivity contribution in [3.63, 3.8) is 0 Å². The topological polar surface area (TPSA) is 61.4 Å². The molecule has 118 valence electrons. The number of carbonyl (C=O) groups excluding carboxylic acids is 1. The van der Waals surface area contributed by atoms with Gasteiger partial charge in [0.05, 0.1) is 0 Å². The summed E-state index contributed by atoms with van der Waals surface area (Å²) in [7, 11) is 0. The molecule has 4 rings (SSSR count). The molecule has 1 aromatic rings. The van der Waals surface area contributed by atoms with E-state index in [1.807, 2.05) is 30.3 Å². The number of carbonyl (C=O) groups is 1. The van der Waals surface area contributed by atoms with Gasteiger partial charge in [-0.1, -0.05) is 43.2 Å². The molecule has 1 aliphatic heterocycles. The molecule has 4 atom stereocenters. The van der Waals surface area contributed by atoms with Crippen LogP contribution in [0, 0.1) is 17.8 Å². The summed E-state index contributed by atoms with van der Waals surface area (Å²) in [6.07, 6.45) is 4.06. The summed E-state index contributed by atoms with van der Waals surface area (Å²) >= 11 is 0. The highest BCUT2D eigenvalue weighted by Gasteiger charge is 2.56. The second kappa shape index (κ2) is 5.36. The molecule has 3 N–H and O–H groups in total. The van der Waals surface area contributed by atoms with Crippen molar-refractivity contribution in [3.8, 4) is 0 Å². The van der Waals surface area contributed by atoms with E-state index in [-0.39, 0.29) is 17.9 Å². The molecule has 0 bridgehead atoms. The molecule has 3 aliphatic rings. The highest BCUT2D eigenvalue weighted by molar-refractivity contribution is 5.87. The quantitative estimate of drug-likeness (QED) is 0.788. The first-order valence-corrected chi connectivity index (χ1v) is 8.51. The fourth-order valence-corrected chi connectivity index (χ4v) is 4.48. The summed E-state index contributed by atoms with van der Waals surface area (Å²) in [5.41, 5.74) is -0.634. The van der Waals surface area contributed by atoms with Crippen LogP contribution >= 0.6 is 0 Å². The molecular weight excluding hydrogens is 276 g/mol. The van der Waals surface area contributed by atoms with Gasteiger partial charge >= 0.3 is 0 Å². The number of amides is 1. The molecule has 3 fully saturated rings. The Morgan fingerprint density at radius 2 is 1.77 bits per heavy atom. The summed E-state index contributed by atoms with van der Waals surface area (Å²) in [5.74, 6) is 0.969. The number of piperidine rings is 1. The van der Waals surface area contributed by atoms with Crippen LogP contribution in [-0.4, -0.2) is 30.1 Å². The SMILES string of the molecule is O=C(N[C@H]1C2CNC[C@@H]21)C(O)(c1ccccc1)C1CCCC1. The number of hydrogen-bond acceptors (Lipinski definition) is 3. The molecule has 1 aromatic carbocycles. The normalized spacial score (nSPS) is 33.2. The summed E-state index contributed by atoms with van der Waals surface area (Å²) in [6.45, 7) is 1.98. The maximum atomic E-state index is 13.0. The van der Waals surface area contributed by atoms with E-state index in [1.54, 1.807) is 0 Å². The molecule has 1 saturated heterocycles. The molecule has 2 saturated carbocycles. The van der Waals surface area contributed by atoms with Crippen LogP contribution in [0.15, 0.2) is 30.3 Å². The average molecular weight is 300 g/mol. The number of aliphatic hydroxyl groups is 1. The van der Waals surface area contributed by atoms with Gasteiger partial charge in [0.2, 0.25) is 0 Å². The Morgan fingerprint density at radius 3 is 2.41 bits per heavy atom. The Hall–Kier alpha value is -1.39. The summed E-state index contributed by atoms with van der Waals surface area (Å²) in [5, 5.41) is 17.8. The van der Waals surface area contributed by atoms with Gasteiger partial charge in [-0.2, -0.15) is 0 Å². The Morgan fingerprint density at radius 1 is 1.14 bits per heavy atom. The minimum Gasteiger partial charge on any atom is -0.375 e. The highest BCUT2D eigenvalue weighted by atomic mass is 16.3. The van der Waals surface area contributed by atoms with Crippen molar-refractivity contribution in [1.82, 2.24) is 10.6 Å². The van der Waals surface area contributed by atoms with Crippen LogP contribution in [0.4, 0.5) is 0 Å². The molecule has 0 aromatic heterocycles. The van der Waals surface area contributed by atoms with Crippen molar-refractivity contribution in [1.29, 1.82) is 0 Å². The third-order valence-electron chi connectivity index (χ3n) is 5.90. The summed E-state index contributed by atoms with van der Waals surface area (Å²) < 4.78 is 0. The van der Waals surface area contributed by atoms with E-state index >= 15 is 0 Å². The van der Waals surface area contributed by atoms with E-state index in [0.29, 0.717) is 11.8 Å². The summed E-state index contributed by atoms with van der Waals surface area (Å²) in [4.78, 5) is 13.0. The lowest BCUT2D eigenvalue weighted by atomic mass is 9.79. The molecule has 0 spiro atoms. The lowest BCUT2D eigenvalue weighted by molar-refractivity contribution is -0.147. The van der Waals surface area contributed by atoms with E-state index in [0.717, 1.165) is 44.3 Å². The number of hydrogen-bond donors (Lipinski definition) is 3. The monoisotopic (exact) mass is 300 g/mol. The van der Waals surface area contributed by atoms with Gasteiger partial charge in [0.15, 0.2) is 5.60 Å². The van der Waals surface area contributed by atoms with Crippen LogP contribution in [0.3, 0.4) is 0 Å². The standard InChI is InChI=1S/C18H24N2O2/c21-17(20-16-14-10-19-11-15(14)16)18(22,13-8-4-5-9-13)12-6-2-1-3-7-12/h1-3,6-7,13-16,19,22H,4-5,8-11H2,(H,20,21)/t14-,15?,16+,18?/m0/s1. The first-order chi connectivity index (χ1) is 10.7. The van der Waals surface area contributed by atoms with Crippen LogP contribution in [0.2, 0.25) is 0 Å². The van der Waals surface area contributed by atoms with E-state index in [4.69, 9.17) is 0 Å². The van der Waals surface area contributed by atoms with E-state index in [9.17, 15) is 9.90 Å². The number of nitrogens with one attached hydrogen (secondary N) is 2. The van der Waals surface area contributed by atoms with Gasteiger partial charge in [-0.15, -0.1) is 0 Å². The van der Waals surface area contributed by atoms with Crippen LogP contribution in [0.5, 0.6) is 0 Å². The van der Waals surface area contributed by atoms with Crippen LogP contribution in [0.25, 0.3) is 0 Å². The third-order valence-corrected chi connectivity index (χ3v) is 5.90. The lowest BCUT2D eigenvalue weighted by Gasteiger charge is -2.33. The Kier molecular flexibility index (Phi) is 3.46. The zero-order valence-corrected chi connectivity index (χ0v) is 12.8. The molecule has 4 nitrogen and oxygen atoms in total. The van der Waals surface area contributed by atoms with Crippen molar-refractivity contribution in [3.05, 3.63) is 35.9 Å². The number of benzene rings is 1. The van der Waals surface area contributed by atoms with Crippen molar-refractivity contribution < 1.29 is 9.90 Å². The van der Waals surface area contributed by atoms with Crippen molar-refractivity contribution >= 4 is 5.91 Å². The molecule has 2 aliphatic carbocycles. The van der Waals surface area contributed by atoms with Crippen molar-refractivity contribution in [2.24, 2.45) is 17.8 Å². The second-order valence-electron chi connectivity index (χ2n) is 7.10. The van der Waals surface area contributed by atoms with E-state index in [1.165, 1.54) is 0 Å². The van der Waals surface area contributed by atoms with Crippen molar-refractivity contribution in [2.75, 3.05) is 13.1 Å². The van der Waals surface area contributed by atoms with Gasteiger partial charge in [0.25, 0.3) is 5.91 Å². The van der Waals surface area contributed by atoms with E-state index in [2.05, 4.69) is 10.6 Å². The molecule has 0 radical (unpaired) electrons. The minimum atomic E-state index is -1.37. The van der Waals surface area contributed by atoms with E-state index < -0.39 is 5.60 Å². The van der Waals surface area contributed by atoms with Gasteiger partial charge in [-0.3, -0.25) is 4.79 Å². The summed E-state index contributed by atoms with van der Waals surface area (Å²) in [6, 6.07) is 9.75. The van der Waals surface area contributed by atoms with Gasteiger partial charge in [-0.25, -0.2) is 0 Å². The fraction of sp³-hybridized carbons (Fsp3) is 0.611. The van der Waals surface area contributed by atoms with Gasteiger partial charge < -0.3 is 15.7 Å². The average Bonchev–Trinajstić information content (AvgIpc) is 3.03. The van der Waals surface area contributed by atoms with Gasteiger partial charge in [-0.05, 0) is 30.2 Å². The van der Waals surface area contributed by atoms with Gasteiger partial charge in [0.1, 0.15) is 0 Å². The maximum Gasteiger partial charge on any atom is 0.257 e.